The Hall–Kier alpha value is -0.890. The zero-order valence-corrected chi connectivity index (χ0v) is 11.5. The van der Waals surface area contributed by atoms with Gasteiger partial charge in [-0.3, -0.25) is 0 Å². The van der Waals surface area contributed by atoms with Crippen LogP contribution in [-0.4, -0.2) is 6.04 Å². The highest BCUT2D eigenvalue weighted by molar-refractivity contribution is 5.20. The molecule has 0 radical (unpaired) electrons. The van der Waals surface area contributed by atoms with Crippen molar-refractivity contribution >= 4 is 0 Å². The molecule has 1 nitrogen and oxygen atoms in total. The van der Waals surface area contributed by atoms with Crippen LogP contribution in [0.2, 0.25) is 0 Å². The van der Waals surface area contributed by atoms with E-state index in [9.17, 15) is 4.39 Å². The third-order valence-electron chi connectivity index (χ3n) is 4.22. The fourth-order valence-electron chi connectivity index (χ4n) is 3.08. The van der Waals surface area contributed by atoms with Gasteiger partial charge in [0.05, 0.1) is 0 Å². The number of hydrogen-bond donors (Lipinski definition) is 1. The molecule has 3 unspecified atom stereocenters. The van der Waals surface area contributed by atoms with E-state index < -0.39 is 0 Å². The summed E-state index contributed by atoms with van der Waals surface area (Å²) in [6.45, 7) is 4.33. The van der Waals surface area contributed by atoms with E-state index in [1.165, 1.54) is 32.1 Å². The highest BCUT2D eigenvalue weighted by Crippen LogP contribution is 2.28. The van der Waals surface area contributed by atoms with Crippen molar-refractivity contribution < 1.29 is 4.39 Å². The molecule has 1 saturated carbocycles. The SMILES string of the molecule is CCC1CCCC(NC(C)c2ccccc2F)C1. The summed E-state index contributed by atoms with van der Waals surface area (Å²) >= 11 is 0. The van der Waals surface area contributed by atoms with Gasteiger partial charge >= 0.3 is 0 Å². The molecule has 18 heavy (non-hydrogen) atoms. The van der Waals surface area contributed by atoms with Gasteiger partial charge in [0, 0.05) is 17.6 Å². The molecule has 1 fully saturated rings. The first-order valence-electron chi connectivity index (χ1n) is 7.21. The molecule has 1 aromatic carbocycles. The molecule has 1 aliphatic carbocycles. The summed E-state index contributed by atoms with van der Waals surface area (Å²) in [5.41, 5.74) is 0.788. The number of hydrogen-bond acceptors (Lipinski definition) is 1. The van der Waals surface area contributed by atoms with Gasteiger partial charge in [-0.15, -0.1) is 0 Å². The minimum Gasteiger partial charge on any atom is -0.307 e. The zero-order valence-electron chi connectivity index (χ0n) is 11.5. The molecule has 0 aromatic heterocycles. The Bertz CT molecular complexity index is 377. The van der Waals surface area contributed by atoms with E-state index in [1.54, 1.807) is 12.1 Å². The number of rotatable bonds is 4. The Morgan fingerprint density at radius 1 is 1.33 bits per heavy atom. The second-order valence-corrected chi connectivity index (χ2v) is 5.55. The van der Waals surface area contributed by atoms with Crippen molar-refractivity contribution in [3.05, 3.63) is 35.6 Å². The molecule has 3 atom stereocenters. The van der Waals surface area contributed by atoms with Crippen LogP contribution < -0.4 is 5.32 Å². The third-order valence-corrected chi connectivity index (χ3v) is 4.22. The summed E-state index contributed by atoms with van der Waals surface area (Å²) in [5, 5.41) is 3.60. The Labute approximate surface area is 110 Å². The van der Waals surface area contributed by atoms with Crippen molar-refractivity contribution in [3.63, 3.8) is 0 Å². The van der Waals surface area contributed by atoms with Crippen LogP contribution >= 0.6 is 0 Å². The predicted octanol–water partition coefficient (Wildman–Crippen LogP) is 4.45. The van der Waals surface area contributed by atoms with Gasteiger partial charge in [0.25, 0.3) is 0 Å². The van der Waals surface area contributed by atoms with Gasteiger partial charge in [-0.2, -0.15) is 0 Å². The molecule has 1 N–H and O–H groups in total. The Balaban J connectivity index is 1.95. The van der Waals surface area contributed by atoms with Gasteiger partial charge in [-0.05, 0) is 31.7 Å². The largest absolute Gasteiger partial charge is 0.307 e. The summed E-state index contributed by atoms with van der Waals surface area (Å²) in [6, 6.07) is 7.74. The van der Waals surface area contributed by atoms with E-state index in [1.807, 2.05) is 12.1 Å². The van der Waals surface area contributed by atoms with Crippen molar-refractivity contribution in [1.29, 1.82) is 0 Å². The lowest BCUT2D eigenvalue weighted by molar-refractivity contribution is 0.264. The topological polar surface area (TPSA) is 12.0 Å². The smallest absolute Gasteiger partial charge is 0.127 e. The first-order valence-corrected chi connectivity index (χ1v) is 7.21. The van der Waals surface area contributed by atoms with Crippen LogP contribution in [0.25, 0.3) is 0 Å². The molecule has 0 spiro atoms. The van der Waals surface area contributed by atoms with E-state index in [0.717, 1.165) is 11.5 Å². The summed E-state index contributed by atoms with van der Waals surface area (Å²) in [7, 11) is 0. The molecule has 0 amide bonds. The quantitative estimate of drug-likeness (QED) is 0.831. The maximum absolute atomic E-state index is 13.7. The second kappa shape index (κ2) is 6.33. The average Bonchev–Trinajstić information content (AvgIpc) is 2.39. The van der Waals surface area contributed by atoms with Crippen molar-refractivity contribution in [2.24, 2.45) is 5.92 Å². The molecule has 0 saturated heterocycles. The maximum Gasteiger partial charge on any atom is 0.127 e. The van der Waals surface area contributed by atoms with Crippen molar-refractivity contribution in [1.82, 2.24) is 5.32 Å². The lowest BCUT2D eigenvalue weighted by Crippen LogP contribution is -2.36. The molecule has 0 bridgehead atoms. The van der Waals surface area contributed by atoms with Gasteiger partial charge in [0.1, 0.15) is 5.82 Å². The normalized spacial score (nSPS) is 25.9. The van der Waals surface area contributed by atoms with E-state index in [0.29, 0.717) is 6.04 Å². The predicted molar refractivity (Wildman–Crippen MR) is 74.0 cm³/mol. The van der Waals surface area contributed by atoms with E-state index >= 15 is 0 Å². The Morgan fingerprint density at radius 2 is 2.11 bits per heavy atom. The third kappa shape index (κ3) is 3.32. The van der Waals surface area contributed by atoms with Gasteiger partial charge in [0.2, 0.25) is 0 Å². The number of benzene rings is 1. The zero-order chi connectivity index (χ0) is 13.0. The van der Waals surface area contributed by atoms with Crippen LogP contribution in [0.5, 0.6) is 0 Å². The van der Waals surface area contributed by atoms with Crippen LogP contribution in [0.3, 0.4) is 0 Å². The number of halogens is 1. The standard InChI is InChI=1S/C16H24FN/c1-3-13-7-6-8-14(11-13)18-12(2)15-9-4-5-10-16(15)17/h4-5,9-10,12-14,18H,3,6-8,11H2,1-2H3. The lowest BCUT2D eigenvalue weighted by atomic mass is 9.84. The summed E-state index contributed by atoms with van der Waals surface area (Å²) in [6.07, 6.45) is 6.42. The summed E-state index contributed by atoms with van der Waals surface area (Å²) in [4.78, 5) is 0. The lowest BCUT2D eigenvalue weighted by Gasteiger charge is -2.31. The van der Waals surface area contributed by atoms with Gasteiger partial charge in [0.15, 0.2) is 0 Å². The summed E-state index contributed by atoms with van der Waals surface area (Å²) < 4.78 is 13.7. The molecule has 1 aromatic rings. The van der Waals surface area contributed by atoms with Crippen molar-refractivity contribution in [2.75, 3.05) is 0 Å². The van der Waals surface area contributed by atoms with Crippen LogP contribution in [0.4, 0.5) is 4.39 Å². The summed E-state index contributed by atoms with van der Waals surface area (Å²) in [5.74, 6) is 0.754. The van der Waals surface area contributed by atoms with Gasteiger partial charge in [-0.1, -0.05) is 44.4 Å². The molecule has 0 heterocycles. The second-order valence-electron chi connectivity index (χ2n) is 5.55. The van der Waals surface area contributed by atoms with E-state index in [4.69, 9.17) is 0 Å². The monoisotopic (exact) mass is 249 g/mol. The molecule has 1 aliphatic rings. The van der Waals surface area contributed by atoms with Crippen LogP contribution in [0.15, 0.2) is 24.3 Å². The first kappa shape index (κ1) is 13.5. The van der Waals surface area contributed by atoms with Crippen molar-refractivity contribution in [2.45, 2.75) is 58.0 Å². The minimum absolute atomic E-state index is 0.0969. The molecule has 100 valence electrons. The molecular weight excluding hydrogens is 225 g/mol. The molecular formula is C16H24FN. The van der Waals surface area contributed by atoms with Gasteiger partial charge in [-0.25, -0.2) is 4.39 Å². The highest BCUT2D eigenvalue weighted by Gasteiger charge is 2.22. The Morgan fingerprint density at radius 3 is 2.83 bits per heavy atom. The van der Waals surface area contributed by atoms with Gasteiger partial charge < -0.3 is 5.32 Å². The maximum atomic E-state index is 13.7. The molecule has 2 rings (SSSR count). The highest BCUT2D eigenvalue weighted by atomic mass is 19.1. The van der Waals surface area contributed by atoms with Crippen molar-refractivity contribution in [3.8, 4) is 0 Å². The fraction of sp³-hybridized carbons (Fsp3) is 0.625. The van der Waals surface area contributed by atoms with Crippen LogP contribution in [-0.2, 0) is 0 Å². The average molecular weight is 249 g/mol. The number of nitrogens with one attached hydrogen (secondary N) is 1. The molecule has 2 heteroatoms. The van der Waals surface area contributed by atoms with Crippen LogP contribution in [0.1, 0.15) is 57.6 Å². The minimum atomic E-state index is -0.0969. The molecule has 0 aliphatic heterocycles. The fourth-order valence-corrected chi connectivity index (χ4v) is 3.08. The van der Waals surface area contributed by atoms with E-state index in [2.05, 4.69) is 19.2 Å². The first-order chi connectivity index (χ1) is 8.70. The Kier molecular flexibility index (Phi) is 4.76. The van der Waals surface area contributed by atoms with Crippen LogP contribution in [0, 0.1) is 11.7 Å². The van der Waals surface area contributed by atoms with E-state index in [-0.39, 0.29) is 11.9 Å².